The molecule has 0 bridgehead atoms. The van der Waals surface area contributed by atoms with Gasteiger partial charge in [-0.05, 0) is 56.0 Å². The number of aromatic nitrogens is 6. The second-order valence-electron chi connectivity index (χ2n) is 14.3. The Bertz CT molecular complexity index is 2450. The van der Waals surface area contributed by atoms with E-state index in [1.165, 1.54) is 0 Å². The summed E-state index contributed by atoms with van der Waals surface area (Å²) in [4.78, 5) is 48.5. The molecule has 1 aliphatic heterocycles. The molecular formula is C40H41N11O3. The van der Waals surface area contributed by atoms with Crippen LogP contribution in [0.15, 0.2) is 78.6 Å². The first-order chi connectivity index (χ1) is 26.1. The van der Waals surface area contributed by atoms with Crippen molar-refractivity contribution in [1.29, 1.82) is 0 Å². The summed E-state index contributed by atoms with van der Waals surface area (Å²) >= 11 is 0. The summed E-state index contributed by atoms with van der Waals surface area (Å²) in [5.41, 5.74) is 8.72. The lowest BCUT2D eigenvalue weighted by Gasteiger charge is -2.14. The lowest BCUT2D eigenvalue weighted by Crippen LogP contribution is -2.19. The van der Waals surface area contributed by atoms with Gasteiger partial charge in [0.2, 0.25) is 5.91 Å². The van der Waals surface area contributed by atoms with E-state index in [0.29, 0.717) is 40.1 Å². The third kappa shape index (κ3) is 7.22. The second kappa shape index (κ2) is 14.1. The lowest BCUT2D eigenvalue weighted by atomic mass is 10.1. The van der Waals surface area contributed by atoms with Gasteiger partial charge >= 0.3 is 0 Å². The van der Waals surface area contributed by atoms with Crippen LogP contribution >= 0.6 is 0 Å². The van der Waals surface area contributed by atoms with Crippen molar-refractivity contribution < 1.29 is 14.4 Å². The van der Waals surface area contributed by atoms with E-state index in [1.54, 1.807) is 27.5 Å². The van der Waals surface area contributed by atoms with E-state index in [-0.39, 0.29) is 18.2 Å². The second-order valence-corrected chi connectivity index (χ2v) is 14.3. The number of nitrogens with one attached hydrogen (secondary N) is 3. The molecule has 0 radical (unpaired) electrons. The van der Waals surface area contributed by atoms with Crippen LogP contribution in [-0.2, 0) is 9.59 Å². The van der Waals surface area contributed by atoms with Crippen molar-refractivity contribution in [3.63, 3.8) is 0 Å². The Balaban J connectivity index is 0.000000157. The average Bonchev–Trinajstić information content (AvgIpc) is 4.06. The number of hydrogen-bond acceptors (Lipinski definition) is 11. The van der Waals surface area contributed by atoms with Crippen molar-refractivity contribution in [2.75, 3.05) is 48.6 Å². The largest absolute Gasteiger partial charge is 0.378 e. The number of hydrogen-bond donors (Lipinski definition) is 3. The number of anilines is 4. The fraction of sp³-hybridized carbons (Fsp3) is 0.275. The molecule has 6 aromatic rings. The predicted octanol–water partition coefficient (Wildman–Crippen LogP) is 5.32. The third-order valence-corrected chi connectivity index (χ3v) is 9.53. The Kier molecular flexibility index (Phi) is 9.01. The predicted molar refractivity (Wildman–Crippen MR) is 210 cm³/mol. The molecule has 3 N–H and O–H groups in total. The number of amides is 2. The Morgan fingerprint density at radius 3 is 1.67 bits per heavy atom. The van der Waals surface area contributed by atoms with Crippen molar-refractivity contribution in [3.05, 3.63) is 89.8 Å². The number of benzene rings is 2. The number of rotatable bonds is 10. The van der Waals surface area contributed by atoms with Crippen molar-refractivity contribution >= 4 is 58.5 Å². The topological polar surface area (TPSA) is 154 Å². The first kappa shape index (κ1) is 34.5. The monoisotopic (exact) mass is 723 g/mol. The van der Waals surface area contributed by atoms with E-state index in [0.717, 1.165) is 77.5 Å². The first-order valence-corrected chi connectivity index (χ1v) is 18.0. The molecule has 2 aliphatic carbocycles. The standard InChI is InChI=1S/C22H22N6O2.C18H19N5O/c1-27(2)17-5-3-4-13(9-17)18-11-19(24-16-6-7-16)28-21(25-18)15(12-23-28)8-14-10-20(29)26-22(14)30;1-22(2)15-5-3-4-12(8-15)16-9-17(20-14-6-7-14)23-18(21-16)13(11-24)10-19-23/h3-5,8-9,11-12,16,24H,6-7,10H2,1-2H3,(H,26,29,30);3-5,8-11,14,20H,6-7H2,1-2H3/b14-8+;. The Labute approximate surface area is 311 Å². The number of nitrogens with zero attached hydrogens (tertiary/aromatic N) is 8. The van der Waals surface area contributed by atoms with Gasteiger partial charge in [0, 0.05) is 86.0 Å². The molecule has 4 aromatic heterocycles. The summed E-state index contributed by atoms with van der Waals surface area (Å²) in [7, 11) is 8.03. The summed E-state index contributed by atoms with van der Waals surface area (Å²) in [6.45, 7) is 0. The van der Waals surface area contributed by atoms with Crippen LogP contribution in [0.5, 0.6) is 0 Å². The number of fused-ring (bicyclic) bond motifs is 2. The molecule has 0 spiro atoms. The minimum atomic E-state index is -0.356. The molecule has 2 amide bonds. The third-order valence-electron chi connectivity index (χ3n) is 9.53. The summed E-state index contributed by atoms with van der Waals surface area (Å²) in [6.07, 6.45) is 10.4. The maximum absolute atomic E-state index is 12.0. The SMILES string of the molecule is CN(C)c1cccc(-c2cc(NC3CC3)n3ncc(/C=C4\CC(=O)NC4=O)c3n2)c1.CN(C)c1cccc(-c2cc(NC3CC3)n3ncc(C=O)c3n2)c1. The molecule has 3 aliphatic rings. The number of imide groups is 1. The smallest absolute Gasteiger partial charge is 0.254 e. The van der Waals surface area contributed by atoms with Crippen molar-refractivity contribution in [2.45, 2.75) is 44.2 Å². The Morgan fingerprint density at radius 2 is 1.22 bits per heavy atom. The highest BCUT2D eigenvalue weighted by Gasteiger charge is 2.26. The average molecular weight is 724 g/mol. The van der Waals surface area contributed by atoms with E-state index >= 15 is 0 Å². The van der Waals surface area contributed by atoms with Crippen LogP contribution in [0.4, 0.5) is 23.0 Å². The van der Waals surface area contributed by atoms with Crippen LogP contribution in [0, 0.1) is 0 Å². The number of aldehydes is 1. The highest BCUT2D eigenvalue weighted by Crippen LogP contribution is 2.32. The summed E-state index contributed by atoms with van der Waals surface area (Å²) in [5, 5.41) is 18.1. The van der Waals surface area contributed by atoms with Gasteiger partial charge in [-0.1, -0.05) is 24.3 Å². The molecular weight excluding hydrogens is 683 g/mol. The molecule has 2 saturated carbocycles. The van der Waals surface area contributed by atoms with Gasteiger partial charge in [0.05, 0.1) is 35.8 Å². The molecule has 3 fully saturated rings. The van der Waals surface area contributed by atoms with E-state index in [4.69, 9.17) is 4.98 Å². The summed E-state index contributed by atoms with van der Waals surface area (Å²) in [5.74, 6) is 1.10. The van der Waals surface area contributed by atoms with Gasteiger partial charge in [-0.15, -0.1) is 0 Å². The van der Waals surface area contributed by atoms with Gasteiger partial charge in [0.15, 0.2) is 17.6 Å². The number of carbonyl (C=O) groups is 3. The van der Waals surface area contributed by atoms with Crippen molar-refractivity contribution in [3.8, 4) is 22.5 Å². The van der Waals surface area contributed by atoms with Crippen molar-refractivity contribution in [1.82, 2.24) is 34.5 Å². The molecule has 1 saturated heterocycles. The molecule has 0 atom stereocenters. The molecule has 0 unspecified atom stereocenters. The van der Waals surface area contributed by atoms with Gasteiger partial charge in [-0.2, -0.15) is 19.2 Å². The summed E-state index contributed by atoms with van der Waals surface area (Å²) in [6, 6.07) is 21.3. The quantitative estimate of drug-likeness (QED) is 0.0957. The minimum Gasteiger partial charge on any atom is -0.378 e. The highest BCUT2D eigenvalue weighted by atomic mass is 16.2. The molecule has 5 heterocycles. The van der Waals surface area contributed by atoms with Crippen LogP contribution in [0.2, 0.25) is 0 Å². The fourth-order valence-corrected chi connectivity index (χ4v) is 6.22. The maximum atomic E-state index is 12.0. The van der Waals surface area contributed by atoms with E-state index in [1.807, 2.05) is 64.6 Å². The molecule has 9 rings (SSSR count). The van der Waals surface area contributed by atoms with Crippen LogP contribution in [0.25, 0.3) is 39.9 Å². The fourth-order valence-electron chi connectivity index (χ4n) is 6.22. The Hall–Kier alpha value is -6.57. The van der Waals surface area contributed by atoms with Crippen LogP contribution in [-0.4, -0.2) is 87.6 Å². The first-order valence-electron chi connectivity index (χ1n) is 18.0. The van der Waals surface area contributed by atoms with Gasteiger partial charge < -0.3 is 20.4 Å². The van der Waals surface area contributed by atoms with E-state index in [9.17, 15) is 14.4 Å². The zero-order valence-electron chi connectivity index (χ0n) is 30.6. The summed E-state index contributed by atoms with van der Waals surface area (Å²) < 4.78 is 3.47. The molecule has 14 nitrogen and oxygen atoms in total. The zero-order valence-corrected chi connectivity index (χ0v) is 30.6. The van der Waals surface area contributed by atoms with Crippen LogP contribution in [0.1, 0.15) is 48.0 Å². The lowest BCUT2D eigenvalue weighted by molar-refractivity contribution is -0.124. The molecule has 14 heteroatoms. The van der Waals surface area contributed by atoms with Crippen LogP contribution < -0.4 is 25.8 Å². The van der Waals surface area contributed by atoms with E-state index < -0.39 is 0 Å². The molecule has 2 aromatic carbocycles. The molecule has 274 valence electrons. The van der Waals surface area contributed by atoms with E-state index in [2.05, 4.69) is 65.2 Å². The minimum absolute atomic E-state index is 0.0773. The maximum Gasteiger partial charge on any atom is 0.254 e. The van der Waals surface area contributed by atoms with Gasteiger partial charge in [0.1, 0.15) is 11.6 Å². The highest BCUT2D eigenvalue weighted by molar-refractivity contribution is 6.15. The van der Waals surface area contributed by atoms with Crippen molar-refractivity contribution in [2.24, 2.45) is 0 Å². The zero-order chi connectivity index (χ0) is 37.5. The number of carbonyl (C=O) groups excluding carboxylic acids is 3. The van der Waals surface area contributed by atoms with Crippen LogP contribution in [0.3, 0.4) is 0 Å². The molecule has 54 heavy (non-hydrogen) atoms. The van der Waals surface area contributed by atoms with Gasteiger partial charge in [0.25, 0.3) is 5.91 Å². The normalized spacial score (nSPS) is 16.0. The van der Waals surface area contributed by atoms with Gasteiger partial charge in [-0.3, -0.25) is 19.7 Å². The Morgan fingerprint density at radius 1 is 0.722 bits per heavy atom. The van der Waals surface area contributed by atoms with Gasteiger partial charge in [-0.25, -0.2) is 9.97 Å².